The van der Waals surface area contributed by atoms with Crippen LogP contribution in [0.3, 0.4) is 0 Å². The van der Waals surface area contributed by atoms with Gasteiger partial charge in [-0.05, 0) is 20.3 Å². The van der Waals surface area contributed by atoms with Gasteiger partial charge in [-0.2, -0.15) is 0 Å². The molecule has 118 valence electrons. The number of amides is 2. The number of carbonyl (C=O) groups is 2. The summed E-state index contributed by atoms with van der Waals surface area (Å²) in [6, 6.07) is -0.118. The van der Waals surface area contributed by atoms with Gasteiger partial charge in [-0.3, -0.25) is 4.79 Å². The number of hydrogen-bond donors (Lipinski definition) is 2. The standard InChI is InChI=1S/C14H23N3O3S/c1-10(2)17(7-4-5-12(18)19)14(20)16-9-11(3)13-15-6-8-21-13/h6,8,10-11H,4-5,7,9H2,1-3H3,(H,16,20)(H,18,19). The van der Waals surface area contributed by atoms with E-state index in [2.05, 4.69) is 10.3 Å². The van der Waals surface area contributed by atoms with E-state index >= 15 is 0 Å². The van der Waals surface area contributed by atoms with Crippen LogP contribution >= 0.6 is 11.3 Å². The van der Waals surface area contributed by atoms with Gasteiger partial charge in [0.05, 0.1) is 5.01 Å². The molecule has 0 aliphatic carbocycles. The Balaban J connectivity index is 2.43. The summed E-state index contributed by atoms with van der Waals surface area (Å²) in [7, 11) is 0. The van der Waals surface area contributed by atoms with E-state index < -0.39 is 5.97 Å². The molecule has 7 heteroatoms. The number of hydrogen-bond acceptors (Lipinski definition) is 4. The molecule has 1 rings (SSSR count). The highest BCUT2D eigenvalue weighted by molar-refractivity contribution is 7.09. The maximum absolute atomic E-state index is 12.2. The number of rotatable bonds is 8. The maximum Gasteiger partial charge on any atom is 0.317 e. The number of carboxylic acids is 1. The summed E-state index contributed by atoms with van der Waals surface area (Å²) in [6.07, 6.45) is 2.29. The van der Waals surface area contributed by atoms with Crippen molar-refractivity contribution in [2.75, 3.05) is 13.1 Å². The normalized spacial score (nSPS) is 12.2. The van der Waals surface area contributed by atoms with Crippen LogP contribution in [0, 0.1) is 0 Å². The van der Waals surface area contributed by atoms with Crippen molar-refractivity contribution in [2.24, 2.45) is 0 Å². The Hall–Kier alpha value is -1.63. The molecule has 0 fully saturated rings. The SMILES string of the molecule is CC(CNC(=O)N(CCCC(=O)O)C(C)C)c1nccs1. The summed E-state index contributed by atoms with van der Waals surface area (Å²) in [5.41, 5.74) is 0. The van der Waals surface area contributed by atoms with Crippen LogP contribution in [-0.2, 0) is 4.79 Å². The molecule has 1 atom stereocenters. The Morgan fingerprint density at radius 3 is 2.67 bits per heavy atom. The molecule has 1 unspecified atom stereocenters. The van der Waals surface area contributed by atoms with Crippen LogP contribution in [-0.4, -0.2) is 46.1 Å². The fourth-order valence-corrected chi connectivity index (χ4v) is 2.60. The van der Waals surface area contributed by atoms with Crippen LogP contribution in [0.15, 0.2) is 11.6 Å². The lowest BCUT2D eigenvalue weighted by molar-refractivity contribution is -0.137. The lowest BCUT2D eigenvalue weighted by Crippen LogP contribution is -2.45. The Morgan fingerprint density at radius 2 is 2.14 bits per heavy atom. The van der Waals surface area contributed by atoms with Gasteiger partial charge in [0.15, 0.2) is 0 Å². The van der Waals surface area contributed by atoms with E-state index in [-0.39, 0.29) is 24.4 Å². The smallest absolute Gasteiger partial charge is 0.317 e. The first-order valence-electron chi connectivity index (χ1n) is 7.07. The second-order valence-corrected chi connectivity index (χ2v) is 6.17. The highest BCUT2D eigenvalue weighted by Crippen LogP contribution is 2.16. The van der Waals surface area contributed by atoms with Crippen LogP contribution in [0.2, 0.25) is 0 Å². The number of carbonyl (C=O) groups excluding carboxylic acids is 1. The van der Waals surface area contributed by atoms with E-state index in [1.54, 1.807) is 22.4 Å². The van der Waals surface area contributed by atoms with Gasteiger partial charge in [0.1, 0.15) is 0 Å². The molecule has 2 N–H and O–H groups in total. The number of aromatic nitrogens is 1. The second-order valence-electron chi connectivity index (χ2n) is 5.24. The third kappa shape index (κ3) is 6.12. The first-order valence-corrected chi connectivity index (χ1v) is 7.95. The van der Waals surface area contributed by atoms with Crippen molar-refractivity contribution in [2.45, 2.75) is 45.6 Å². The zero-order valence-corrected chi connectivity index (χ0v) is 13.5. The highest BCUT2D eigenvalue weighted by Gasteiger charge is 2.18. The summed E-state index contributed by atoms with van der Waals surface area (Å²) < 4.78 is 0. The average molecular weight is 313 g/mol. The predicted molar refractivity (Wildman–Crippen MR) is 82.6 cm³/mol. The lowest BCUT2D eigenvalue weighted by atomic mass is 10.2. The molecular weight excluding hydrogens is 290 g/mol. The van der Waals surface area contributed by atoms with Crippen LogP contribution < -0.4 is 5.32 Å². The number of urea groups is 1. The molecule has 6 nitrogen and oxygen atoms in total. The average Bonchev–Trinajstić information content (AvgIpc) is 2.94. The molecule has 1 aromatic heterocycles. The van der Waals surface area contributed by atoms with Gasteiger partial charge in [-0.15, -0.1) is 11.3 Å². The Labute approximate surface area is 129 Å². The molecule has 0 aliphatic heterocycles. The van der Waals surface area contributed by atoms with Crippen molar-refractivity contribution < 1.29 is 14.7 Å². The minimum Gasteiger partial charge on any atom is -0.481 e. The minimum atomic E-state index is -0.837. The Bertz CT molecular complexity index is 448. The molecule has 0 aromatic carbocycles. The van der Waals surface area contributed by atoms with Gasteiger partial charge in [-0.25, -0.2) is 9.78 Å². The van der Waals surface area contributed by atoms with Gasteiger partial charge in [0.25, 0.3) is 0 Å². The van der Waals surface area contributed by atoms with Gasteiger partial charge in [0, 0.05) is 43.0 Å². The third-order valence-electron chi connectivity index (χ3n) is 3.11. The molecule has 0 aliphatic rings. The first-order chi connectivity index (χ1) is 9.91. The third-order valence-corrected chi connectivity index (χ3v) is 4.11. The molecule has 2 amide bonds. The number of nitrogens with one attached hydrogen (secondary N) is 1. The van der Waals surface area contributed by atoms with Crippen molar-refractivity contribution in [1.29, 1.82) is 0 Å². The number of aliphatic carboxylic acids is 1. The van der Waals surface area contributed by atoms with Crippen LogP contribution in [0.1, 0.15) is 44.5 Å². The quantitative estimate of drug-likeness (QED) is 0.772. The van der Waals surface area contributed by atoms with E-state index in [0.717, 1.165) is 5.01 Å². The zero-order valence-electron chi connectivity index (χ0n) is 12.7. The van der Waals surface area contributed by atoms with E-state index in [4.69, 9.17) is 5.11 Å². The number of nitrogens with zero attached hydrogens (tertiary/aromatic N) is 2. The minimum absolute atomic E-state index is 0.0361. The van der Waals surface area contributed by atoms with Crippen LogP contribution in [0.5, 0.6) is 0 Å². The molecule has 0 bridgehead atoms. The van der Waals surface area contributed by atoms with Crippen LogP contribution in [0.25, 0.3) is 0 Å². The Morgan fingerprint density at radius 1 is 1.43 bits per heavy atom. The monoisotopic (exact) mass is 313 g/mol. The summed E-state index contributed by atoms with van der Waals surface area (Å²) in [4.78, 5) is 28.6. The van der Waals surface area contributed by atoms with Crippen molar-refractivity contribution in [3.63, 3.8) is 0 Å². The molecule has 0 radical (unpaired) electrons. The molecule has 1 aromatic rings. The van der Waals surface area contributed by atoms with Crippen molar-refractivity contribution in [3.8, 4) is 0 Å². The number of thiazole rings is 1. The van der Waals surface area contributed by atoms with Crippen molar-refractivity contribution in [3.05, 3.63) is 16.6 Å². The summed E-state index contributed by atoms with van der Waals surface area (Å²) in [6.45, 7) is 6.83. The van der Waals surface area contributed by atoms with Gasteiger partial charge < -0.3 is 15.3 Å². The second kappa shape index (κ2) is 8.61. The molecule has 0 saturated heterocycles. The largest absolute Gasteiger partial charge is 0.481 e. The summed E-state index contributed by atoms with van der Waals surface area (Å²) in [5, 5.41) is 14.5. The molecule has 0 saturated carbocycles. The first kappa shape index (κ1) is 17.4. The zero-order chi connectivity index (χ0) is 15.8. The lowest BCUT2D eigenvalue weighted by Gasteiger charge is -2.27. The fourth-order valence-electron chi connectivity index (χ4n) is 1.90. The predicted octanol–water partition coefficient (Wildman–Crippen LogP) is 2.53. The highest BCUT2D eigenvalue weighted by atomic mass is 32.1. The van der Waals surface area contributed by atoms with E-state index in [1.165, 1.54) is 0 Å². The van der Waals surface area contributed by atoms with Gasteiger partial charge in [-0.1, -0.05) is 6.92 Å². The van der Waals surface area contributed by atoms with E-state index in [1.807, 2.05) is 26.2 Å². The summed E-state index contributed by atoms with van der Waals surface area (Å²) >= 11 is 1.57. The van der Waals surface area contributed by atoms with E-state index in [9.17, 15) is 9.59 Å². The van der Waals surface area contributed by atoms with Crippen LogP contribution in [0.4, 0.5) is 4.79 Å². The maximum atomic E-state index is 12.2. The van der Waals surface area contributed by atoms with Crippen molar-refractivity contribution in [1.82, 2.24) is 15.2 Å². The Kier molecular flexibility index (Phi) is 7.14. The fraction of sp³-hybridized carbons (Fsp3) is 0.643. The van der Waals surface area contributed by atoms with Gasteiger partial charge >= 0.3 is 12.0 Å². The van der Waals surface area contributed by atoms with E-state index in [0.29, 0.717) is 19.5 Å². The summed E-state index contributed by atoms with van der Waals surface area (Å²) in [5.74, 6) is -0.668. The topological polar surface area (TPSA) is 82.5 Å². The van der Waals surface area contributed by atoms with Crippen molar-refractivity contribution >= 4 is 23.3 Å². The molecular formula is C14H23N3O3S. The molecule has 21 heavy (non-hydrogen) atoms. The van der Waals surface area contributed by atoms with Gasteiger partial charge in [0.2, 0.25) is 0 Å². The molecule has 0 spiro atoms. The molecule has 1 heterocycles. The number of carboxylic acid groups (broad SMARTS) is 1.